The molecule has 1 aromatic heterocycles. The van der Waals surface area contributed by atoms with E-state index >= 15 is 0 Å². The lowest BCUT2D eigenvalue weighted by atomic mass is 10.1. The summed E-state index contributed by atoms with van der Waals surface area (Å²) in [7, 11) is -1.78. The fourth-order valence-electron chi connectivity index (χ4n) is 3.94. The minimum atomic E-state index is -3.55. The number of para-hydroxylation sites is 1. The van der Waals surface area contributed by atoms with Crippen molar-refractivity contribution in [3.8, 4) is 5.69 Å². The first-order valence-electron chi connectivity index (χ1n) is 11.1. The van der Waals surface area contributed by atoms with Gasteiger partial charge in [-0.25, -0.2) is 13.1 Å². The summed E-state index contributed by atoms with van der Waals surface area (Å²) in [4.78, 5) is 25.8. The largest absolute Gasteiger partial charge is 0.379 e. The van der Waals surface area contributed by atoms with Gasteiger partial charge in [0, 0.05) is 26.6 Å². The molecule has 10 heteroatoms. The molecule has 3 aromatic rings. The summed E-state index contributed by atoms with van der Waals surface area (Å²) in [6, 6.07) is 15.8. The van der Waals surface area contributed by atoms with Gasteiger partial charge in [0.1, 0.15) is 5.69 Å². The molecule has 0 spiro atoms. The molecule has 0 aliphatic carbocycles. The smallest absolute Gasteiger partial charge is 0.295 e. The van der Waals surface area contributed by atoms with E-state index in [1.165, 1.54) is 8.99 Å². The Kier molecular flexibility index (Phi) is 7.01. The molecule has 0 unspecified atom stereocenters. The molecule has 1 aliphatic heterocycles. The van der Waals surface area contributed by atoms with Crippen molar-refractivity contribution >= 4 is 21.6 Å². The molecule has 0 saturated carbocycles. The van der Waals surface area contributed by atoms with Gasteiger partial charge in [0.15, 0.2) is 0 Å². The van der Waals surface area contributed by atoms with Gasteiger partial charge < -0.3 is 10.1 Å². The summed E-state index contributed by atoms with van der Waals surface area (Å²) in [5.74, 6) is -0.281. The van der Waals surface area contributed by atoms with Crippen molar-refractivity contribution in [2.45, 2.75) is 24.7 Å². The minimum absolute atomic E-state index is 0.161. The molecule has 4 rings (SSSR count). The number of ether oxygens (including phenoxy) is 1. The van der Waals surface area contributed by atoms with E-state index in [0.29, 0.717) is 44.1 Å². The number of sulfonamides is 1. The van der Waals surface area contributed by atoms with Crippen LogP contribution in [0.2, 0.25) is 0 Å². The van der Waals surface area contributed by atoms with Crippen LogP contribution in [0.4, 0.5) is 5.69 Å². The van der Waals surface area contributed by atoms with Crippen LogP contribution in [0.1, 0.15) is 17.7 Å². The van der Waals surface area contributed by atoms with E-state index in [0.717, 1.165) is 5.56 Å². The second-order valence-corrected chi connectivity index (χ2v) is 10.1. The van der Waals surface area contributed by atoms with Gasteiger partial charge in [-0.2, -0.15) is 4.31 Å². The third kappa shape index (κ3) is 4.84. The van der Waals surface area contributed by atoms with E-state index in [2.05, 4.69) is 5.32 Å². The van der Waals surface area contributed by atoms with Crippen LogP contribution in [0.5, 0.6) is 0 Å². The Morgan fingerprint density at radius 1 is 1.03 bits per heavy atom. The molecule has 1 amide bonds. The molecule has 0 atom stereocenters. The number of aromatic nitrogens is 2. The lowest BCUT2D eigenvalue weighted by Gasteiger charge is -2.26. The van der Waals surface area contributed by atoms with Crippen LogP contribution in [0, 0.1) is 6.92 Å². The fraction of sp³-hybridized carbons (Fsp3) is 0.333. The second kappa shape index (κ2) is 9.96. The Labute approximate surface area is 198 Å². The van der Waals surface area contributed by atoms with Crippen molar-refractivity contribution in [1.82, 2.24) is 13.7 Å². The first-order valence-corrected chi connectivity index (χ1v) is 12.5. The summed E-state index contributed by atoms with van der Waals surface area (Å²) in [5.41, 5.74) is 2.16. The highest BCUT2D eigenvalue weighted by atomic mass is 32.2. The molecule has 180 valence electrons. The monoisotopic (exact) mass is 484 g/mol. The van der Waals surface area contributed by atoms with Crippen LogP contribution in [-0.4, -0.2) is 54.3 Å². The van der Waals surface area contributed by atoms with Gasteiger partial charge in [-0.1, -0.05) is 30.3 Å². The molecule has 2 aromatic carbocycles. The number of carbonyl (C=O) groups excluding carboxylic acids is 1. The molecule has 1 N–H and O–H groups in total. The maximum atomic E-state index is 12.9. The Balaban J connectivity index is 1.41. The van der Waals surface area contributed by atoms with E-state index < -0.39 is 10.0 Å². The zero-order valence-electron chi connectivity index (χ0n) is 19.2. The Morgan fingerprint density at radius 2 is 1.68 bits per heavy atom. The van der Waals surface area contributed by atoms with Crippen molar-refractivity contribution in [2.75, 3.05) is 31.6 Å². The number of anilines is 1. The highest BCUT2D eigenvalue weighted by molar-refractivity contribution is 7.89. The minimum Gasteiger partial charge on any atom is -0.379 e. The molecule has 1 aliphatic rings. The number of benzene rings is 2. The maximum Gasteiger partial charge on any atom is 0.295 e. The van der Waals surface area contributed by atoms with Gasteiger partial charge in [-0.3, -0.25) is 14.3 Å². The Bertz CT molecular complexity index is 1320. The Hall–Kier alpha value is -3.21. The van der Waals surface area contributed by atoms with E-state index in [1.807, 2.05) is 30.3 Å². The van der Waals surface area contributed by atoms with Gasteiger partial charge in [0.2, 0.25) is 15.9 Å². The average molecular weight is 485 g/mol. The van der Waals surface area contributed by atoms with Crippen molar-refractivity contribution in [3.63, 3.8) is 0 Å². The number of rotatable bonds is 7. The fourth-order valence-corrected chi connectivity index (χ4v) is 5.34. The lowest BCUT2D eigenvalue weighted by molar-refractivity contribution is -0.116. The molecule has 2 heterocycles. The standard InChI is InChI=1S/C24H28N4O5S/c1-18-23(24(30)28(26(18)2)20-6-4-3-5-7-20)25-22(29)13-10-19-8-11-21(12-9-19)34(31,32)27-14-16-33-17-15-27/h3-9,11-12H,10,13-17H2,1-2H3,(H,25,29). The van der Waals surface area contributed by atoms with Crippen LogP contribution in [0.25, 0.3) is 5.69 Å². The number of nitrogens with one attached hydrogen (secondary N) is 1. The van der Waals surface area contributed by atoms with E-state index in [4.69, 9.17) is 4.74 Å². The van der Waals surface area contributed by atoms with Crippen molar-refractivity contribution < 1.29 is 17.9 Å². The average Bonchev–Trinajstić information content (AvgIpc) is 3.07. The molecular weight excluding hydrogens is 456 g/mol. The maximum absolute atomic E-state index is 12.9. The number of nitrogens with zero attached hydrogens (tertiary/aromatic N) is 3. The van der Waals surface area contributed by atoms with Gasteiger partial charge >= 0.3 is 0 Å². The van der Waals surface area contributed by atoms with Crippen LogP contribution in [0.15, 0.2) is 64.3 Å². The summed E-state index contributed by atoms with van der Waals surface area (Å²) in [6.45, 7) is 3.25. The van der Waals surface area contributed by atoms with Crippen molar-refractivity contribution in [3.05, 3.63) is 76.2 Å². The van der Waals surface area contributed by atoms with Crippen LogP contribution in [-0.2, 0) is 33.0 Å². The predicted octanol–water partition coefficient (Wildman–Crippen LogP) is 2.08. The van der Waals surface area contributed by atoms with E-state index in [9.17, 15) is 18.0 Å². The third-order valence-corrected chi connectivity index (χ3v) is 7.90. The van der Waals surface area contributed by atoms with Crippen molar-refractivity contribution in [1.29, 1.82) is 0 Å². The third-order valence-electron chi connectivity index (χ3n) is 5.99. The Morgan fingerprint density at radius 3 is 2.32 bits per heavy atom. The van der Waals surface area contributed by atoms with Gasteiger partial charge in [0.25, 0.3) is 5.56 Å². The zero-order chi connectivity index (χ0) is 24.3. The molecule has 9 nitrogen and oxygen atoms in total. The number of morpholine rings is 1. The SMILES string of the molecule is Cc1c(NC(=O)CCc2ccc(S(=O)(=O)N3CCOCC3)cc2)c(=O)n(-c2ccccc2)n1C. The first kappa shape index (κ1) is 23.9. The summed E-state index contributed by atoms with van der Waals surface area (Å²) < 4.78 is 35.3. The highest BCUT2D eigenvalue weighted by Gasteiger charge is 2.26. The second-order valence-electron chi connectivity index (χ2n) is 8.15. The number of hydrogen-bond donors (Lipinski definition) is 1. The zero-order valence-corrected chi connectivity index (χ0v) is 20.0. The van der Waals surface area contributed by atoms with E-state index in [1.54, 1.807) is 42.9 Å². The lowest BCUT2D eigenvalue weighted by Crippen LogP contribution is -2.40. The number of hydrogen-bond acceptors (Lipinski definition) is 5. The molecule has 0 radical (unpaired) electrons. The number of aryl methyl sites for hydroxylation is 1. The van der Waals surface area contributed by atoms with Crippen molar-refractivity contribution in [2.24, 2.45) is 7.05 Å². The molecule has 34 heavy (non-hydrogen) atoms. The molecule has 0 bridgehead atoms. The summed E-state index contributed by atoms with van der Waals surface area (Å²) in [5, 5.41) is 2.75. The topological polar surface area (TPSA) is 103 Å². The number of carbonyl (C=O) groups is 1. The van der Waals surface area contributed by atoms with Crippen LogP contribution >= 0.6 is 0 Å². The van der Waals surface area contributed by atoms with Gasteiger partial charge in [0.05, 0.1) is 29.5 Å². The predicted molar refractivity (Wildman–Crippen MR) is 129 cm³/mol. The van der Waals surface area contributed by atoms with Gasteiger partial charge in [-0.05, 0) is 43.2 Å². The summed E-state index contributed by atoms with van der Waals surface area (Å²) >= 11 is 0. The van der Waals surface area contributed by atoms with Crippen LogP contribution < -0.4 is 10.9 Å². The van der Waals surface area contributed by atoms with Gasteiger partial charge in [-0.15, -0.1) is 0 Å². The first-order chi connectivity index (χ1) is 16.3. The summed E-state index contributed by atoms with van der Waals surface area (Å²) in [6.07, 6.45) is 0.580. The van der Waals surface area contributed by atoms with E-state index in [-0.39, 0.29) is 28.5 Å². The molecule has 1 saturated heterocycles. The highest BCUT2D eigenvalue weighted by Crippen LogP contribution is 2.19. The molecular formula is C24H28N4O5S. The number of amides is 1. The quantitative estimate of drug-likeness (QED) is 0.553. The normalized spacial score (nSPS) is 14.8. The molecule has 1 fully saturated rings. The van der Waals surface area contributed by atoms with Crippen LogP contribution in [0.3, 0.4) is 0 Å².